The average Bonchev–Trinajstić information content (AvgIpc) is 2.13. The van der Waals surface area contributed by atoms with E-state index in [1.165, 1.54) is 0 Å². The second-order valence-corrected chi connectivity index (χ2v) is 6.36. The molecule has 0 spiro atoms. The van der Waals surface area contributed by atoms with Gasteiger partial charge in [0.15, 0.2) is 0 Å². The molecule has 0 aliphatic carbocycles. The van der Waals surface area contributed by atoms with Crippen LogP contribution in [0.25, 0.3) is 0 Å². The molecule has 19 heavy (non-hydrogen) atoms. The smallest absolute Gasteiger partial charge is 0.286 e. The van der Waals surface area contributed by atoms with Crippen LogP contribution in [0.2, 0.25) is 0 Å². The van der Waals surface area contributed by atoms with Gasteiger partial charge in [-0.3, -0.25) is 9.59 Å². The fourth-order valence-electron chi connectivity index (χ4n) is 0.874. The maximum atomic E-state index is 13.0. The summed E-state index contributed by atoms with van der Waals surface area (Å²) in [4.78, 5) is 20.5. The second kappa shape index (κ2) is 5.61. The van der Waals surface area contributed by atoms with Gasteiger partial charge in [-0.15, -0.1) is 0 Å². The number of halogens is 8. The Morgan fingerprint density at radius 1 is 0.895 bits per heavy atom. The lowest BCUT2D eigenvalue weighted by molar-refractivity contribution is -0.171. The van der Waals surface area contributed by atoms with E-state index in [0.717, 1.165) is 12.5 Å². The van der Waals surface area contributed by atoms with Gasteiger partial charge in [0.05, 0.1) is 4.86 Å². The van der Waals surface area contributed by atoms with Crippen molar-refractivity contribution in [1.82, 2.24) is 0 Å². The van der Waals surface area contributed by atoms with Gasteiger partial charge >= 0.3 is 16.7 Å². The number of rotatable bonds is 5. The Labute approximate surface area is 116 Å². The summed E-state index contributed by atoms with van der Waals surface area (Å²) < 4.78 is 75.9. The number of hydrogen-bond donors (Lipinski definition) is 0. The molecule has 0 N–H and O–H groups in total. The first-order valence-electron chi connectivity index (χ1n) is 4.19. The SMILES string of the molecule is CS(C)=C(C(=O)C(F)(F)Cl)C(=O)C(F)(F)C(F)(F)Cl. The fraction of sp³-hybridized carbons (Fsp3) is 0.625. The number of alkyl halides is 8. The summed E-state index contributed by atoms with van der Waals surface area (Å²) in [6, 6.07) is 0. The van der Waals surface area contributed by atoms with Crippen molar-refractivity contribution in [3.63, 3.8) is 0 Å². The molecule has 0 radical (unpaired) electrons. The Kier molecular flexibility index (Phi) is 5.53. The van der Waals surface area contributed by atoms with E-state index in [4.69, 9.17) is 0 Å². The lowest BCUT2D eigenvalue weighted by Gasteiger charge is -2.21. The van der Waals surface area contributed by atoms with Crippen LogP contribution >= 0.6 is 33.7 Å². The van der Waals surface area contributed by atoms with Crippen LogP contribution in [-0.2, 0) is 9.59 Å². The summed E-state index contributed by atoms with van der Waals surface area (Å²) >= 11 is 8.36. The molecule has 0 saturated heterocycles. The molecule has 0 fully saturated rings. The summed E-state index contributed by atoms with van der Waals surface area (Å²) in [6.45, 7) is 0. The van der Waals surface area contributed by atoms with Gasteiger partial charge < -0.3 is 0 Å². The van der Waals surface area contributed by atoms with Gasteiger partial charge in [-0.2, -0.15) is 36.8 Å². The topological polar surface area (TPSA) is 34.1 Å². The van der Waals surface area contributed by atoms with Crippen molar-refractivity contribution < 1.29 is 35.9 Å². The van der Waals surface area contributed by atoms with Crippen LogP contribution in [0.15, 0.2) is 0 Å². The summed E-state index contributed by atoms with van der Waals surface area (Å²) in [7, 11) is -1.76. The molecular formula is C8H6Cl2F6O2S. The molecule has 0 heterocycles. The molecule has 0 aromatic heterocycles. The van der Waals surface area contributed by atoms with E-state index >= 15 is 0 Å². The zero-order valence-electron chi connectivity index (χ0n) is 9.25. The van der Waals surface area contributed by atoms with Crippen molar-refractivity contribution >= 4 is 50.1 Å². The van der Waals surface area contributed by atoms with Gasteiger partial charge in [-0.25, -0.2) is 0 Å². The molecule has 0 atom stereocenters. The Morgan fingerprint density at radius 3 is 1.47 bits per heavy atom. The summed E-state index contributed by atoms with van der Waals surface area (Å²) in [5, 5.41) is -9.98. The molecule has 0 saturated carbocycles. The van der Waals surface area contributed by atoms with Crippen molar-refractivity contribution in [3.8, 4) is 0 Å². The van der Waals surface area contributed by atoms with Crippen molar-refractivity contribution in [2.75, 3.05) is 12.5 Å². The van der Waals surface area contributed by atoms with E-state index in [0.29, 0.717) is 0 Å². The van der Waals surface area contributed by atoms with E-state index in [1.54, 1.807) is 0 Å². The monoisotopic (exact) mass is 350 g/mol. The van der Waals surface area contributed by atoms with Crippen LogP contribution in [0.3, 0.4) is 0 Å². The minimum Gasteiger partial charge on any atom is -0.286 e. The highest BCUT2D eigenvalue weighted by molar-refractivity contribution is 8.16. The maximum Gasteiger partial charge on any atom is 0.391 e. The van der Waals surface area contributed by atoms with Gasteiger partial charge in [0.25, 0.3) is 5.78 Å². The molecule has 0 bridgehead atoms. The van der Waals surface area contributed by atoms with Crippen LogP contribution in [0, 0.1) is 0 Å². The molecule has 0 amide bonds. The molecule has 11 heteroatoms. The quantitative estimate of drug-likeness (QED) is 0.330. The van der Waals surface area contributed by atoms with Gasteiger partial charge in [0, 0.05) is 0 Å². The van der Waals surface area contributed by atoms with E-state index in [9.17, 15) is 35.9 Å². The van der Waals surface area contributed by atoms with Crippen molar-refractivity contribution in [2.24, 2.45) is 0 Å². The average molecular weight is 351 g/mol. The number of hydrogen-bond acceptors (Lipinski definition) is 2. The predicted octanol–water partition coefficient (Wildman–Crippen LogP) is 3.12. The number of ketones is 2. The van der Waals surface area contributed by atoms with Crippen LogP contribution in [0.1, 0.15) is 0 Å². The maximum absolute atomic E-state index is 13.0. The van der Waals surface area contributed by atoms with Crippen molar-refractivity contribution in [2.45, 2.75) is 16.7 Å². The minimum absolute atomic E-state index is 0.941. The number of Topliss-reactive ketones (excluding diaryl/α,β-unsaturated/α-hetero) is 2. The highest BCUT2D eigenvalue weighted by Crippen LogP contribution is 2.40. The third-order valence-corrected chi connectivity index (χ3v) is 3.32. The zero-order valence-corrected chi connectivity index (χ0v) is 11.6. The van der Waals surface area contributed by atoms with Crippen LogP contribution in [-0.4, -0.2) is 45.6 Å². The molecule has 0 aliphatic heterocycles. The van der Waals surface area contributed by atoms with E-state index in [-0.39, 0.29) is 0 Å². The molecule has 0 rings (SSSR count). The highest BCUT2D eigenvalue weighted by atomic mass is 35.5. The van der Waals surface area contributed by atoms with Gasteiger partial charge in [0.2, 0.25) is 5.78 Å². The summed E-state index contributed by atoms with van der Waals surface area (Å²) in [5.74, 6) is -10.7. The molecule has 2 nitrogen and oxygen atoms in total. The van der Waals surface area contributed by atoms with Crippen molar-refractivity contribution in [3.05, 3.63) is 0 Å². The minimum atomic E-state index is -5.50. The first-order chi connectivity index (χ1) is 8.14. The van der Waals surface area contributed by atoms with E-state index in [2.05, 4.69) is 23.2 Å². The molecule has 112 valence electrons. The van der Waals surface area contributed by atoms with Crippen molar-refractivity contribution in [1.29, 1.82) is 0 Å². The fourth-order valence-corrected chi connectivity index (χ4v) is 2.11. The van der Waals surface area contributed by atoms with Gasteiger partial charge in [-0.1, -0.05) is 0 Å². The van der Waals surface area contributed by atoms with Crippen LogP contribution in [0.4, 0.5) is 26.3 Å². The Morgan fingerprint density at radius 2 is 1.26 bits per heavy atom. The Bertz CT molecular complexity index is 434. The lowest BCUT2D eigenvalue weighted by Crippen LogP contribution is -2.50. The molecular weight excluding hydrogens is 345 g/mol. The van der Waals surface area contributed by atoms with E-state index in [1.807, 2.05) is 0 Å². The third kappa shape index (κ3) is 4.09. The third-order valence-electron chi connectivity index (χ3n) is 1.72. The first kappa shape index (κ1) is 18.7. The predicted molar refractivity (Wildman–Crippen MR) is 61.0 cm³/mol. The number of carbonyl (C=O) groups is 2. The standard InChI is InChI=1S/C8H6Cl2F6O2S/c1-19(2)3(5(18)7(9,13)14)4(17)6(11,12)8(10,15)16/h1-2H3. The number of carbonyl (C=O) groups excluding carboxylic acids is 2. The van der Waals surface area contributed by atoms with Gasteiger partial charge in [-0.05, 0) is 35.7 Å². The largest absolute Gasteiger partial charge is 0.391 e. The zero-order chi connectivity index (χ0) is 15.8. The Hall–Kier alpha value is -0.280. The normalized spacial score (nSPS) is 13.6. The van der Waals surface area contributed by atoms with Crippen LogP contribution in [0.5, 0.6) is 0 Å². The van der Waals surface area contributed by atoms with Crippen LogP contribution < -0.4 is 0 Å². The van der Waals surface area contributed by atoms with Gasteiger partial charge in [0.1, 0.15) is 0 Å². The molecule has 0 aliphatic rings. The summed E-state index contributed by atoms with van der Waals surface area (Å²) in [5.41, 5.74) is 0. The molecule has 0 unspecified atom stereocenters. The second-order valence-electron chi connectivity index (χ2n) is 3.37. The Balaban J connectivity index is 5.84. The highest BCUT2D eigenvalue weighted by Gasteiger charge is 2.63. The molecule has 0 aromatic rings. The lowest BCUT2D eigenvalue weighted by atomic mass is 10.1. The first-order valence-corrected chi connectivity index (χ1v) is 6.99. The van der Waals surface area contributed by atoms with E-state index < -0.39 is 43.6 Å². The summed E-state index contributed by atoms with van der Waals surface area (Å²) in [6.07, 6.45) is 1.88. The molecule has 0 aromatic carbocycles.